The number of nitrogens with one attached hydrogen (secondary N) is 1. The topological polar surface area (TPSA) is 49.4 Å². The van der Waals surface area contributed by atoms with E-state index in [2.05, 4.69) is 18.5 Å². The average molecular weight is 304 g/mol. The summed E-state index contributed by atoms with van der Waals surface area (Å²) in [6.07, 6.45) is 12.0. The lowest BCUT2D eigenvalue weighted by atomic mass is 10.1. The summed E-state index contributed by atoms with van der Waals surface area (Å²) in [5, 5.41) is 2.90. The summed E-state index contributed by atoms with van der Waals surface area (Å²) in [5.41, 5.74) is 1.16. The van der Waals surface area contributed by atoms with Gasteiger partial charge in [0.15, 0.2) is 0 Å². The molecule has 0 spiro atoms. The molecule has 0 saturated carbocycles. The summed E-state index contributed by atoms with van der Waals surface area (Å²) >= 11 is 0. The molecule has 1 aliphatic heterocycles. The Bertz CT molecular complexity index is 427. The Morgan fingerprint density at radius 2 is 2.05 bits per heavy atom. The van der Waals surface area contributed by atoms with Gasteiger partial charge in [-0.1, -0.05) is 37.8 Å². The molecule has 0 atom stereocenters. The lowest BCUT2D eigenvalue weighted by molar-refractivity contribution is -0.135. The Labute approximate surface area is 134 Å². The number of nitrogens with zero attached hydrogens (tertiary/aromatic N) is 1. The van der Waals surface area contributed by atoms with Gasteiger partial charge in [-0.05, 0) is 37.7 Å². The van der Waals surface area contributed by atoms with E-state index in [0.29, 0.717) is 19.5 Å². The van der Waals surface area contributed by atoms with Crippen LogP contribution in [0.15, 0.2) is 37.0 Å². The van der Waals surface area contributed by atoms with Gasteiger partial charge in [0, 0.05) is 19.5 Å². The summed E-state index contributed by atoms with van der Waals surface area (Å²) in [7, 11) is 0. The number of amides is 2. The number of likely N-dealkylation sites (tertiary alicyclic amines) is 1. The van der Waals surface area contributed by atoms with Crippen LogP contribution < -0.4 is 5.32 Å². The molecular weight excluding hydrogens is 276 g/mol. The Balaban J connectivity index is 2.17. The van der Waals surface area contributed by atoms with E-state index in [1.165, 1.54) is 0 Å². The molecule has 1 N–H and O–H groups in total. The first-order chi connectivity index (χ1) is 10.7. The first-order valence-corrected chi connectivity index (χ1v) is 8.16. The van der Waals surface area contributed by atoms with E-state index in [1.807, 2.05) is 12.2 Å². The van der Waals surface area contributed by atoms with Crippen LogP contribution in [0.1, 0.15) is 44.9 Å². The molecule has 1 fully saturated rings. The smallest absolute Gasteiger partial charge is 0.239 e. The predicted octanol–water partition coefficient (Wildman–Crippen LogP) is 2.97. The lowest BCUT2D eigenvalue weighted by Gasteiger charge is -2.19. The molecule has 1 heterocycles. The SMILES string of the molecule is C=C/C=C(\C=C)CCCCNC(=O)CN1CCCCCC1=O. The molecule has 1 rings (SSSR count). The number of unbranched alkanes of at least 4 members (excludes halogenated alkanes) is 1. The minimum absolute atomic E-state index is 0.0548. The Hall–Kier alpha value is -1.84. The predicted molar refractivity (Wildman–Crippen MR) is 90.4 cm³/mol. The van der Waals surface area contributed by atoms with Crippen LogP contribution in [0.3, 0.4) is 0 Å². The standard InChI is InChI=1S/C18H28N2O2/c1-3-10-16(4-2)11-7-8-13-19-17(21)15-20-14-9-5-6-12-18(20)22/h3-4,10H,1-2,5-9,11-15H2,(H,19,21)/b16-10+. The zero-order chi connectivity index (χ0) is 16.2. The van der Waals surface area contributed by atoms with Crippen molar-refractivity contribution in [3.63, 3.8) is 0 Å². The average Bonchev–Trinajstić information content (AvgIpc) is 2.71. The maximum absolute atomic E-state index is 11.9. The maximum atomic E-state index is 11.9. The monoisotopic (exact) mass is 304 g/mol. The van der Waals surface area contributed by atoms with E-state index in [1.54, 1.807) is 11.0 Å². The summed E-state index contributed by atoms with van der Waals surface area (Å²) in [4.78, 5) is 25.4. The van der Waals surface area contributed by atoms with Crippen LogP contribution in [0.4, 0.5) is 0 Å². The van der Waals surface area contributed by atoms with Gasteiger partial charge in [-0.15, -0.1) is 0 Å². The second kappa shape index (κ2) is 10.8. The fourth-order valence-electron chi connectivity index (χ4n) is 2.52. The van der Waals surface area contributed by atoms with Gasteiger partial charge >= 0.3 is 0 Å². The van der Waals surface area contributed by atoms with E-state index in [0.717, 1.165) is 44.1 Å². The molecule has 1 aliphatic rings. The highest BCUT2D eigenvalue weighted by molar-refractivity contribution is 5.84. The van der Waals surface area contributed by atoms with Crippen molar-refractivity contribution in [2.45, 2.75) is 44.9 Å². The van der Waals surface area contributed by atoms with Crippen LogP contribution in [0.5, 0.6) is 0 Å². The maximum Gasteiger partial charge on any atom is 0.239 e. The van der Waals surface area contributed by atoms with E-state index in [4.69, 9.17) is 0 Å². The van der Waals surface area contributed by atoms with Gasteiger partial charge in [0.2, 0.25) is 11.8 Å². The van der Waals surface area contributed by atoms with E-state index < -0.39 is 0 Å². The molecule has 22 heavy (non-hydrogen) atoms. The van der Waals surface area contributed by atoms with E-state index >= 15 is 0 Å². The quantitative estimate of drug-likeness (QED) is 0.526. The van der Waals surface area contributed by atoms with Crippen molar-refractivity contribution < 1.29 is 9.59 Å². The molecule has 0 aromatic carbocycles. The lowest BCUT2D eigenvalue weighted by Crippen LogP contribution is -2.40. The van der Waals surface area contributed by atoms with Gasteiger partial charge in [0.1, 0.15) is 0 Å². The highest BCUT2D eigenvalue weighted by Crippen LogP contribution is 2.11. The van der Waals surface area contributed by atoms with Crippen LogP contribution in [0.25, 0.3) is 0 Å². The largest absolute Gasteiger partial charge is 0.355 e. The number of hydrogen-bond acceptors (Lipinski definition) is 2. The minimum Gasteiger partial charge on any atom is -0.355 e. The molecule has 1 saturated heterocycles. The third-order valence-corrected chi connectivity index (χ3v) is 3.81. The number of carbonyl (C=O) groups excluding carboxylic acids is 2. The molecule has 0 unspecified atom stereocenters. The van der Waals surface area contributed by atoms with Crippen LogP contribution in [-0.4, -0.2) is 36.3 Å². The normalized spacial score (nSPS) is 16.1. The summed E-state index contributed by atoms with van der Waals surface area (Å²) in [6, 6.07) is 0. The van der Waals surface area contributed by atoms with Crippen LogP contribution in [-0.2, 0) is 9.59 Å². The highest BCUT2D eigenvalue weighted by atomic mass is 16.2. The van der Waals surface area contributed by atoms with Gasteiger partial charge < -0.3 is 10.2 Å². The zero-order valence-electron chi connectivity index (χ0n) is 13.5. The molecule has 4 nitrogen and oxygen atoms in total. The van der Waals surface area contributed by atoms with Crippen molar-refractivity contribution >= 4 is 11.8 Å². The van der Waals surface area contributed by atoms with Crippen molar-refractivity contribution in [3.05, 3.63) is 37.0 Å². The summed E-state index contributed by atoms with van der Waals surface area (Å²) < 4.78 is 0. The van der Waals surface area contributed by atoms with Crippen molar-refractivity contribution in [1.29, 1.82) is 0 Å². The molecule has 0 radical (unpaired) electrons. The van der Waals surface area contributed by atoms with Crippen molar-refractivity contribution in [2.75, 3.05) is 19.6 Å². The second-order valence-electron chi connectivity index (χ2n) is 5.61. The molecule has 0 bridgehead atoms. The van der Waals surface area contributed by atoms with Gasteiger partial charge in [-0.2, -0.15) is 0 Å². The van der Waals surface area contributed by atoms with Gasteiger partial charge in [-0.25, -0.2) is 0 Å². The molecular formula is C18H28N2O2. The first-order valence-electron chi connectivity index (χ1n) is 8.16. The van der Waals surface area contributed by atoms with E-state index in [-0.39, 0.29) is 18.4 Å². The van der Waals surface area contributed by atoms with Gasteiger partial charge in [-0.3, -0.25) is 9.59 Å². The molecule has 0 aromatic rings. The van der Waals surface area contributed by atoms with Gasteiger partial charge in [0.25, 0.3) is 0 Å². The Kier molecular flexibility index (Phi) is 8.96. The third kappa shape index (κ3) is 7.25. The number of hydrogen-bond donors (Lipinski definition) is 1. The molecule has 4 heteroatoms. The summed E-state index contributed by atoms with van der Waals surface area (Å²) in [5.74, 6) is 0.0543. The van der Waals surface area contributed by atoms with Crippen LogP contribution >= 0.6 is 0 Å². The fourth-order valence-corrected chi connectivity index (χ4v) is 2.52. The molecule has 2 amide bonds. The zero-order valence-corrected chi connectivity index (χ0v) is 13.5. The second-order valence-corrected chi connectivity index (χ2v) is 5.61. The van der Waals surface area contributed by atoms with Crippen molar-refractivity contribution in [2.24, 2.45) is 0 Å². The summed E-state index contributed by atoms with van der Waals surface area (Å²) in [6.45, 7) is 9.00. The third-order valence-electron chi connectivity index (χ3n) is 3.81. The molecule has 0 aromatic heterocycles. The minimum atomic E-state index is -0.0548. The van der Waals surface area contributed by atoms with Gasteiger partial charge in [0.05, 0.1) is 6.54 Å². The number of carbonyl (C=O) groups is 2. The van der Waals surface area contributed by atoms with Crippen molar-refractivity contribution in [3.8, 4) is 0 Å². The molecule has 122 valence electrons. The Morgan fingerprint density at radius 1 is 1.23 bits per heavy atom. The van der Waals surface area contributed by atoms with Crippen molar-refractivity contribution in [1.82, 2.24) is 10.2 Å². The van der Waals surface area contributed by atoms with Crippen LogP contribution in [0.2, 0.25) is 0 Å². The first kappa shape index (κ1) is 18.2. The fraction of sp³-hybridized carbons (Fsp3) is 0.556. The van der Waals surface area contributed by atoms with E-state index in [9.17, 15) is 9.59 Å². The van der Waals surface area contributed by atoms with Crippen LogP contribution in [0, 0.1) is 0 Å². The highest BCUT2D eigenvalue weighted by Gasteiger charge is 2.18. The molecule has 0 aliphatic carbocycles. The number of rotatable bonds is 9. The Morgan fingerprint density at radius 3 is 2.77 bits per heavy atom. The number of allylic oxidation sites excluding steroid dienone is 4.